The highest BCUT2D eigenvalue weighted by Gasteiger charge is 2.51. The lowest BCUT2D eigenvalue weighted by Gasteiger charge is -2.23. The molecule has 2 aliphatic heterocycles. The molecule has 1 aromatic heterocycles. The number of fused-ring (bicyclic) bond motifs is 1. The van der Waals surface area contributed by atoms with Gasteiger partial charge in [0.2, 0.25) is 5.91 Å². The van der Waals surface area contributed by atoms with Crippen LogP contribution >= 0.6 is 0 Å². The molecule has 2 saturated heterocycles. The van der Waals surface area contributed by atoms with Gasteiger partial charge in [-0.2, -0.15) is 0 Å². The molecule has 0 bridgehead atoms. The van der Waals surface area contributed by atoms with Crippen LogP contribution in [0.5, 0.6) is 0 Å². The van der Waals surface area contributed by atoms with E-state index in [9.17, 15) is 9.59 Å². The fourth-order valence-corrected chi connectivity index (χ4v) is 4.00. The maximum atomic E-state index is 12.9. The zero-order valence-electron chi connectivity index (χ0n) is 14.4. The van der Waals surface area contributed by atoms with E-state index in [1.165, 1.54) is 0 Å². The molecule has 2 aromatic rings. The van der Waals surface area contributed by atoms with Gasteiger partial charge in [-0.3, -0.25) is 9.59 Å². The number of furan rings is 1. The van der Waals surface area contributed by atoms with Gasteiger partial charge in [0.1, 0.15) is 5.58 Å². The first kappa shape index (κ1) is 16.1. The third-order valence-corrected chi connectivity index (χ3v) is 5.51. The molecule has 1 spiro atoms. The van der Waals surface area contributed by atoms with Crippen LogP contribution in [0.4, 0.5) is 0 Å². The number of likely N-dealkylation sites (tertiary alicyclic amines) is 2. The molecule has 0 radical (unpaired) electrons. The molecule has 0 aliphatic carbocycles. The van der Waals surface area contributed by atoms with Crippen molar-refractivity contribution in [3.63, 3.8) is 0 Å². The quantitative estimate of drug-likeness (QED) is 0.854. The molecule has 2 aliphatic rings. The van der Waals surface area contributed by atoms with E-state index in [1.807, 2.05) is 28.0 Å². The topological polar surface area (TPSA) is 63.0 Å². The standard InChI is InChI=1S/C19H22N2O4/c1-24-11-9-20-7-5-19(18(20)23)6-8-21(13-19)17(22)15-3-2-14-4-10-25-16(14)12-15/h2-4,10,12H,5-9,11,13H2,1H3. The van der Waals surface area contributed by atoms with Crippen LogP contribution in [0, 0.1) is 5.41 Å². The molecule has 6 heteroatoms. The summed E-state index contributed by atoms with van der Waals surface area (Å²) < 4.78 is 10.5. The average Bonchev–Trinajstić information content (AvgIpc) is 3.34. The van der Waals surface area contributed by atoms with Gasteiger partial charge in [0, 0.05) is 44.2 Å². The highest BCUT2D eigenvalue weighted by molar-refractivity contribution is 5.98. The summed E-state index contributed by atoms with van der Waals surface area (Å²) in [7, 11) is 1.64. The number of ether oxygens (including phenoxy) is 1. The Balaban J connectivity index is 1.48. The van der Waals surface area contributed by atoms with Gasteiger partial charge < -0.3 is 19.0 Å². The Morgan fingerprint density at radius 3 is 2.96 bits per heavy atom. The van der Waals surface area contributed by atoms with Gasteiger partial charge in [-0.25, -0.2) is 0 Å². The lowest BCUT2D eigenvalue weighted by atomic mass is 9.85. The molecule has 1 aromatic carbocycles. The van der Waals surface area contributed by atoms with Crippen molar-refractivity contribution in [3.05, 3.63) is 36.1 Å². The summed E-state index contributed by atoms with van der Waals surface area (Å²) in [5, 5.41) is 0.981. The predicted octanol–water partition coefficient (Wildman–Crippen LogP) is 2.14. The van der Waals surface area contributed by atoms with E-state index in [0.29, 0.717) is 37.4 Å². The summed E-state index contributed by atoms with van der Waals surface area (Å²) in [6, 6.07) is 7.38. The molecule has 132 valence electrons. The monoisotopic (exact) mass is 342 g/mol. The van der Waals surface area contributed by atoms with E-state index in [2.05, 4.69) is 0 Å². The minimum absolute atomic E-state index is 0.0293. The third kappa shape index (κ3) is 2.70. The number of carbonyl (C=O) groups excluding carboxylic acids is 2. The Morgan fingerprint density at radius 2 is 2.12 bits per heavy atom. The highest BCUT2D eigenvalue weighted by atomic mass is 16.5. The zero-order valence-corrected chi connectivity index (χ0v) is 14.4. The SMILES string of the molecule is COCCN1CCC2(CCN(C(=O)c3ccc4ccoc4c3)C2)C1=O. The van der Waals surface area contributed by atoms with E-state index in [0.717, 1.165) is 24.8 Å². The number of nitrogens with zero attached hydrogens (tertiary/aromatic N) is 2. The molecule has 6 nitrogen and oxygen atoms in total. The third-order valence-electron chi connectivity index (χ3n) is 5.51. The number of hydrogen-bond donors (Lipinski definition) is 0. The number of methoxy groups -OCH3 is 1. The van der Waals surface area contributed by atoms with Crippen LogP contribution in [-0.4, -0.2) is 61.5 Å². The van der Waals surface area contributed by atoms with Gasteiger partial charge in [0.15, 0.2) is 0 Å². The Bertz CT molecular complexity index is 815. The number of rotatable bonds is 4. The molecule has 2 fully saturated rings. The number of hydrogen-bond acceptors (Lipinski definition) is 4. The highest BCUT2D eigenvalue weighted by Crippen LogP contribution is 2.41. The van der Waals surface area contributed by atoms with Gasteiger partial charge in [0.05, 0.1) is 18.3 Å². The first-order valence-corrected chi connectivity index (χ1v) is 8.68. The van der Waals surface area contributed by atoms with E-state index in [-0.39, 0.29) is 11.8 Å². The minimum Gasteiger partial charge on any atom is -0.464 e. The van der Waals surface area contributed by atoms with Crippen LogP contribution in [0.3, 0.4) is 0 Å². The minimum atomic E-state index is -0.405. The predicted molar refractivity (Wildman–Crippen MR) is 92.2 cm³/mol. The normalized spacial score (nSPS) is 23.3. The molecule has 1 atom stereocenters. The lowest BCUT2D eigenvalue weighted by molar-refractivity contribution is -0.135. The van der Waals surface area contributed by atoms with E-state index in [4.69, 9.17) is 9.15 Å². The summed E-state index contributed by atoms with van der Waals surface area (Å²) in [5.74, 6) is 0.139. The lowest BCUT2D eigenvalue weighted by Crippen LogP contribution is -2.39. The molecule has 4 rings (SSSR count). The van der Waals surface area contributed by atoms with Crippen molar-refractivity contribution in [1.29, 1.82) is 0 Å². The van der Waals surface area contributed by atoms with E-state index >= 15 is 0 Å². The molecule has 1 unspecified atom stereocenters. The smallest absolute Gasteiger partial charge is 0.254 e. The first-order chi connectivity index (χ1) is 12.1. The molecular weight excluding hydrogens is 320 g/mol. The second-order valence-corrected chi connectivity index (χ2v) is 6.97. The van der Waals surface area contributed by atoms with Crippen molar-refractivity contribution in [2.45, 2.75) is 12.8 Å². The fraction of sp³-hybridized carbons (Fsp3) is 0.474. The molecule has 0 saturated carbocycles. The van der Waals surface area contributed by atoms with Crippen LogP contribution < -0.4 is 0 Å². The number of carbonyl (C=O) groups is 2. The van der Waals surface area contributed by atoms with Crippen molar-refractivity contribution in [2.24, 2.45) is 5.41 Å². The Hall–Kier alpha value is -2.34. The van der Waals surface area contributed by atoms with E-state index < -0.39 is 5.41 Å². The Labute approximate surface area is 146 Å². The molecule has 3 heterocycles. The van der Waals surface area contributed by atoms with Crippen molar-refractivity contribution < 1.29 is 18.7 Å². The molecular formula is C19H22N2O4. The largest absolute Gasteiger partial charge is 0.464 e. The second kappa shape index (κ2) is 6.19. The van der Waals surface area contributed by atoms with Gasteiger partial charge in [-0.1, -0.05) is 6.07 Å². The van der Waals surface area contributed by atoms with Crippen molar-refractivity contribution >= 4 is 22.8 Å². The van der Waals surface area contributed by atoms with Crippen LogP contribution in [0.25, 0.3) is 11.0 Å². The average molecular weight is 342 g/mol. The van der Waals surface area contributed by atoms with Crippen molar-refractivity contribution in [1.82, 2.24) is 9.80 Å². The van der Waals surface area contributed by atoms with Crippen molar-refractivity contribution in [2.75, 3.05) is 39.9 Å². The molecule has 0 N–H and O–H groups in total. The maximum absolute atomic E-state index is 12.9. The number of benzene rings is 1. The van der Waals surface area contributed by atoms with Gasteiger partial charge in [-0.15, -0.1) is 0 Å². The van der Waals surface area contributed by atoms with E-state index in [1.54, 1.807) is 19.4 Å². The van der Waals surface area contributed by atoms with Crippen LogP contribution in [0.1, 0.15) is 23.2 Å². The first-order valence-electron chi connectivity index (χ1n) is 8.68. The summed E-state index contributed by atoms with van der Waals surface area (Å²) in [4.78, 5) is 29.3. The van der Waals surface area contributed by atoms with Gasteiger partial charge in [0.25, 0.3) is 5.91 Å². The Morgan fingerprint density at radius 1 is 1.28 bits per heavy atom. The van der Waals surface area contributed by atoms with Gasteiger partial charge in [-0.05, 0) is 31.0 Å². The zero-order chi connectivity index (χ0) is 17.4. The van der Waals surface area contributed by atoms with Gasteiger partial charge >= 0.3 is 0 Å². The van der Waals surface area contributed by atoms with Crippen LogP contribution in [0.2, 0.25) is 0 Å². The summed E-state index contributed by atoms with van der Waals surface area (Å²) in [6.45, 7) is 3.06. The maximum Gasteiger partial charge on any atom is 0.254 e. The second-order valence-electron chi connectivity index (χ2n) is 6.97. The number of amides is 2. The van der Waals surface area contributed by atoms with Crippen LogP contribution in [-0.2, 0) is 9.53 Å². The van der Waals surface area contributed by atoms with Crippen molar-refractivity contribution in [3.8, 4) is 0 Å². The summed E-state index contributed by atoms with van der Waals surface area (Å²) >= 11 is 0. The van der Waals surface area contributed by atoms with Crippen LogP contribution in [0.15, 0.2) is 34.9 Å². The summed E-state index contributed by atoms with van der Waals surface area (Å²) in [5.41, 5.74) is 0.918. The molecule has 25 heavy (non-hydrogen) atoms. The Kier molecular flexibility index (Phi) is 4.00. The summed E-state index contributed by atoms with van der Waals surface area (Å²) in [6.07, 6.45) is 3.18. The fourth-order valence-electron chi connectivity index (χ4n) is 4.00. The molecule has 2 amide bonds.